The molecule has 3 N–H and O–H groups in total. The number of rotatable bonds is 7. The number of nitrogens with two attached hydrogens (primary N) is 1. The molecule has 1 amide bonds. The zero-order chi connectivity index (χ0) is 28.4. The maximum atomic E-state index is 13.7. The molecule has 1 saturated heterocycles. The molecular formula is C29H31FN6O4. The highest BCUT2D eigenvalue weighted by Gasteiger charge is 2.39. The number of anilines is 2. The summed E-state index contributed by atoms with van der Waals surface area (Å²) in [5.41, 5.74) is 8.97. The third kappa shape index (κ3) is 5.02. The van der Waals surface area contributed by atoms with E-state index in [4.69, 9.17) is 20.2 Å². The zero-order valence-electron chi connectivity index (χ0n) is 22.6. The van der Waals surface area contributed by atoms with Crippen molar-refractivity contribution in [2.75, 3.05) is 37.9 Å². The van der Waals surface area contributed by atoms with Gasteiger partial charge >= 0.3 is 5.97 Å². The van der Waals surface area contributed by atoms with Crippen molar-refractivity contribution in [2.45, 2.75) is 26.3 Å². The van der Waals surface area contributed by atoms with Crippen molar-refractivity contribution in [3.8, 4) is 17.0 Å². The molecule has 11 heteroatoms. The van der Waals surface area contributed by atoms with E-state index in [0.717, 1.165) is 23.1 Å². The first-order valence-corrected chi connectivity index (χ1v) is 12.9. The van der Waals surface area contributed by atoms with Crippen LogP contribution in [-0.2, 0) is 16.1 Å². The number of nitrogens with one attached hydrogen (secondary N) is 1. The Kier molecular flexibility index (Phi) is 7.29. The number of nitrogen functional groups attached to an aromatic ring is 1. The van der Waals surface area contributed by atoms with E-state index in [9.17, 15) is 14.0 Å². The van der Waals surface area contributed by atoms with E-state index in [2.05, 4.69) is 15.2 Å². The zero-order valence-corrected chi connectivity index (χ0v) is 22.6. The predicted octanol–water partition coefficient (Wildman–Crippen LogP) is 3.84. The highest BCUT2D eigenvalue weighted by atomic mass is 19.1. The summed E-state index contributed by atoms with van der Waals surface area (Å²) in [6, 6.07) is 11.4. The average molecular weight is 547 g/mol. The first kappa shape index (κ1) is 26.9. The molecule has 1 fully saturated rings. The monoisotopic (exact) mass is 546 g/mol. The van der Waals surface area contributed by atoms with Crippen LogP contribution in [-0.4, -0.2) is 53.6 Å². The van der Waals surface area contributed by atoms with Gasteiger partial charge in [-0.15, -0.1) is 0 Å². The van der Waals surface area contributed by atoms with Crippen molar-refractivity contribution in [1.29, 1.82) is 0 Å². The number of aromatic nitrogens is 3. The van der Waals surface area contributed by atoms with Gasteiger partial charge < -0.3 is 25.4 Å². The minimum absolute atomic E-state index is 0.128. The number of piperidine rings is 1. The Morgan fingerprint density at radius 1 is 1.12 bits per heavy atom. The number of amides is 1. The summed E-state index contributed by atoms with van der Waals surface area (Å²) in [6.07, 6.45) is 4.76. The quantitative estimate of drug-likeness (QED) is 0.335. The topological polar surface area (TPSA) is 124 Å². The summed E-state index contributed by atoms with van der Waals surface area (Å²) in [6.45, 7) is 3.46. The van der Waals surface area contributed by atoms with Gasteiger partial charge in [0.1, 0.15) is 28.6 Å². The highest BCUT2D eigenvalue weighted by Crippen LogP contribution is 2.36. The number of hydrogen-bond acceptors (Lipinski definition) is 8. The number of benzene rings is 2. The largest absolute Gasteiger partial charge is 0.496 e. The number of ether oxygens (including phenoxy) is 2. The van der Waals surface area contributed by atoms with E-state index in [1.54, 1.807) is 6.20 Å². The number of fused-ring (bicyclic) bond motifs is 1. The number of carbonyl (C=O) groups is 2. The molecule has 2 aromatic carbocycles. The van der Waals surface area contributed by atoms with Crippen molar-refractivity contribution < 1.29 is 23.5 Å². The van der Waals surface area contributed by atoms with Crippen LogP contribution in [0.5, 0.6) is 5.75 Å². The van der Waals surface area contributed by atoms with E-state index < -0.39 is 17.1 Å². The fourth-order valence-corrected chi connectivity index (χ4v) is 5.04. The summed E-state index contributed by atoms with van der Waals surface area (Å²) < 4.78 is 25.8. The van der Waals surface area contributed by atoms with Crippen molar-refractivity contribution >= 4 is 29.2 Å². The van der Waals surface area contributed by atoms with Crippen LogP contribution in [0, 0.1) is 11.2 Å². The highest BCUT2D eigenvalue weighted by molar-refractivity contribution is 5.97. The summed E-state index contributed by atoms with van der Waals surface area (Å²) in [7, 11) is 2.85. The van der Waals surface area contributed by atoms with Gasteiger partial charge in [-0.2, -0.15) is 0 Å². The maximum Gasteiger partial charge on any atom is 0.311 e. The molecule has 1 aliphatic heterocycles. The second-order valence-electron chi connectivity index (χ2n) is 10.1. The summed E-state index contributed by atoms with van der Waals surface area (Å²) in [5.74, 6) is 0.234. The van der Waals surface area contributed by atoms with Gasteiger partial charge in [0.25, 0.3) is 5.91 Å². The molecule has 0 aliphatic carbocycles. The lowest BCUT2D eigenvalue weighted by molar-refractivity contribution is -0.152. The van der Waals surface area contributed by atoms with Crippen molar-refractivity contribution in [3.63, 3.8) is 0 Å². The third-order valence-electron chi connectivity index (χ3n) is 7.48. The number of methoxy groups -OCH3 is 2. The molecule has 40 heavy (non-hydrogen) atoms. The molecule has 0 saturated carbocycles. The number of esters is 1. The summed E-state index contributed by atoms with van der Waals surface area (Å²) >= 11 is 0. The first-order chi connectivity index (χ1) is 19.2. The molecule has 0 atom stereocenters. The molecule has 0 radical (unpaired) electrons. The summed E-state index contributed by atoms with van der Waals surface area (Å²) in [4.78, 5) is 36.3. The third-order valence-corrected chi connectivity index (χ3v) is 7.48. The second-order valence-corrected chi connectivity index (χ2v) is 10.1. The van der Waals surface area contributed by atoms with E-state index in [1.807, 2.05) is 41.8 Å². The maximum absolute atomic E-state index is 13.7. The average Bonchev–Trinajstić information content (AvgIpc) is 3.37. The molecule has 1 aliphatic rings. The fourth-order valence-electron chi connectivity index (χ4n) is 5.04. The lowest BCUT2D eigenvalue weighted by Gasteiger charge is -2.37. The second kappa shape index (κ2) is 10.8. The Bertz CT molecular complexity index is 1560. The van der Waals surface area contributed by atoms with E-state index in [1.165, 1.54) is 26.4 Å². The van der Waals surface area contributed by atoms with E-state index >= 15 is 0 Å². The molecule has 10 nitrogen and oxygen atoms in total. The number of imidazole rings is 1. The number of hydrogen-bond donors (Lipinski definition) is 2. The Morgan fingerprint density at radius 3 is 2.52 bits per heavy atom. The van der Waals surface area contributed by atoms with Crippen LogP contribution in [0.1, 0.15) is 35.7 Å². The standard InChI is InChI=1S/C29H31FN6O4/c1-29(27(38)40-3)10-13-35(14-11-29)28-34-23(24-25(31)32-12-15-36(24)28)19-6-4-18(5-7-19)17-33-26(37)21-16-20(30)8-9-22(21)39-2/h4-9,12,15-16H,10-11,13-14,17H2,1-3H3,(H2,31,32)(H,33,37). The van der Waals surface area contributed by atoms with E-state index in [0.29, 0.717) is 48.7 Å². The number of carbonyl (C=O) groups excluding carboxylic acids is 2. The van der Waals surface area contributed by atoms with Gasteiger partial charge in [0, 0.05) is 37.6 Å². The minimum atomic E-state index is -0.521. The van der Waals surface area contributed by atoms with Gasteiger partial charge in [0.05, 0.1) is 25.2 Å². The van der Waals surface area contributed by atoms with E-state index in [-0.39, 0.29) is 18.1 Å². The van der Waals surface area contributed by atoms with Gasteiger partial charge in [-0.1, -0.05) is 24.3 Å². The van der Waals surface area contributed by atoms with Gasteiger partial charge in [0.15, 0.2) is 0 Å². The molecule has 5 rings (SSSR count). The van der Waals surface area contributed by atoms with Crippen molar-refractivity contribution in [3.05, 3.63) is 71.8 Å². The Labute approximate surface area is 230 Å². The van der Waals surface area contributed by atoms with Gasteiger partial charge in [-0.3, -0.25) is 14.0 Å². The molecule has 0 unspecified atom stereocenters. The van der Waals surface area contributed by atoms with Gasteiger partial charge in [0.2, 0.25) is 5.95 Å². The molecule has 2 aromatic heterocycles. The Balaban J connectivity index is 1.36. The first-order valence-electron chi connectivity index (χ1n) is 12.9. The van der Waals surface area contributed by atoms with Crippen molar-refractivity contribution in [2.24, 2.45) is 5.41 Å². The van der Waals surface area contributed by atoms with Crippen LogP contribution in [0.25, 0.3) is 16.8 Å². The van der Waals surface area contributed by atoms with Crippen LogP contribution < -0.4 is 20.7 Å². The van der Waals surface area contributed by atoms with Gasteiger partial charge in [-0.05, 0) is 43.5 Å². The normalized spacial score (nSPS) is 14.7. The molecule has 0 spiro atoms. The fraction of sp³-hybridized carbons (Fsp3) is 0.310. The van der Waals surface area contributed by atoms with Gasteiger partial charge in [-0.25, -0.2) is 14.4 Å². The SMILES string of the molecule is COC(=O)C1(C)CCN(c2nc(-c3ccc(CNC(=O)c4cc(F)ccc4OC)cc3)c3c(N)nccn23)CC1. The molecule has 4 aromatic rings. The lowest BCUT2D eigenvalue weighted by Crippen LogP contribution is -2.43. The molecule has 3 heterocycles. The lowest BCUT2D eigenvalue weighted by atomic mass is 9.80. The van der Waals surface area contributed by atoms with Crippen LogP contribution in [0.4, 0.5) is 16.2 Å². The molecule has 0 bridgehead atoms. The van der Waals surface area contributed by atoms with Crippen LogP contribution in [0.15, 0.2) is 54.9 Å². The number of halogens is 1. The molecule has 208 valence electrons. The molecular weight excluding hydrogens is 515 g/mol. The smallest absolute Gasteiger partial charge is 0.311 e. The Morgan fingerprint density at radius 2 is 1.85 bits per heavy atom. The number of nitrogens with zero attached hydrogens (tertiary/aromatic N) is 4. The van der Waals surface area contributed by atoms with Crippen LogP contribution in [0.2, 0.25) is 0 Å². The predicted molar refractivity (Wildman–Crippen MR) is 149 cm³/mol. The minimum Gasteiger partial charge on any atom is -0.496 e. The van der Waals surface area contributed by atoms with Crippen molar-refractivity contribution in [1.82, 2.24) is 19.7 Å². The Hall–Kier alpha value is -4.67. The van der Waals surface area contributed by atoms with Crippen LogP contribution >= 0.6 is 0 Å². The summed E-state index contributed by atoms with van der Waals surface area (Å²) in [5, 5.41) is 2.81. The van der Waals surface area contributed by atoms with Crippen LogP contribution in [0.3, 0.4) is 0 Å².